The maximum absolute atomic E-state index is 12.6. The van der Waals surface area contributed by atoms with E-state index in [0.29, 0.717) is 22.8 Å². The minimum atomic E-state index is -0.236. The topological polar surface area (TPSA) is 74.0 Å². The summed E-state index contributed by atoms with van der Waals surface area (Å²) in [5, 5.41) is 12.3. The number of nitrogens with one attached hydrogen (secondary N) is 1. The van der Waals surface area contributed by atoms with Gasteiger partial charge in [-0.25, -0.2) is 0 Å². The van der Waals surface area contributed by atoms with Crippen molar-refractivity contribution in [3.8, 4) is 5.75 Å². The molecule has 0 saturated carbocycles. The van der Waals surface area contributed by atoms with E-state index in [9.17, 15) is 4.79 Å². The number of hydrogen-bond acceptors (Lipinski definition) is 4. The molecule has 7 heteroatoms. The Morgan fingerprint density at radius 2 is 2.00 bits per heavy atom. The molecule has 0 atom stereocenters. The van der Waals surface area contributed by atoms with Gasteiger partial charge in [-0.1, -0.05) is 6.07 Å². The summed E-state index contributed by atoms with van der Waals surface area (Å²) in [5.41, 5.74) is 2.10. The van der Waals surface area contributed by atoms with Crippen molar-refractivity contribution < 1.29 is 9.53 Å². The van der Waals surface area contributed by atoms with Crippen molar-refractivity contribution in [1.82, 2.24) is 19.6 Å². The number of amides is 1. The number of carbonyl (C=O) groups is 1. The van der Waals surface area contributed by atoms with E-state index in [1.165, 1.54) is 0 Å². The molecule has 0 aliphatic heterocycles. The molecule has 1 aromatic carbocycles. The van der Waals surface area contributed by atoms with Gasteiger partial charge in [0.15, 0.2) is 5.82 Å². The van der Waals surface area contributed by atoms with Gasteiger partial charge in [-0.05, 0) is 32.9 Å². The van der Waals surface area contributed by atoms with Crippen LogP contribution in [-0.4, -0.2) is 31.6 Å². The van der Waals surface area contributed by atoms with Crippen molar-refractivity contribution in [1.29, 1.82) is 0 Å². The van der Waals surface area contributed by atoms with Crippen molar-refractivity contribution in [3.63, 3.8) is 0 Å². The molecular formula is C17H21N5O2. The van der Waals surface area contributed by atoms with Crippen LogP contribution in [0, 0.1) is 6.92 Å². The number of aryl methyl sites for hydroxylation is 3. The number of fused-ring (bicyclic) bond motifs is 1. The first-order valence-corrected chi connectivity index (χ1v) is 7.80. The molecule has 0 unspecified atom stereocenters. The molecule has 7 nitrogen and oxygen atoms in total. The summed E-state index contributed by atoms with van der Waals surface area (Å²) in [5.74, 6) is 0.950. The highest BCUT2D eigenvalue weighted by molar-refractivity contribution is 6.09. The van der Waals surface area contributed by atoms with Crippen LogP contribution in [0.5, 0.6) is 5.75 Å². The van der Waals surface area contributed by atoms with Gasteiger partial charge in [-0.3, -0.25) is 14.2 Å². The van der Waals surface area contributed by atoms with Crippen LogP contribution in [0.25, 0.3) is 10.9 Å². The van der Waals surface area contributed by atoms with Crippen LogP contribution in [0.3, 0.4) is 0 Å². The van der Waals surface area contributed by atoms with Crippen LogP contribution in [0.2, 0.25) is 0 Å². The molecule has 0 bridgehead atoms. The maximum atomic E-state index is 12.6. The van der Waals surface area contributed by atoms with Gasteiger partial charge >= 0.3 is 0 Å². The van der Waals surface area contributed by atoms with Gasteiger partial charge in [-0.15, -0.1) is 0 Å². The number of carbonyl (C=O) groups excluding carboxylic acids is 1. The van der Waals surface area contributed by atoms with Crippen molar-refractivity contribution >= 4 is 22.6 Å². The van der Waals surface area contributed by atoms with E-state index in [2.05, 4.69) is 15.5 Å². The lowest BCUT2D eigenvalue weighted by Gasteiger charge is -2.11. The van der Waals surface area contributed by atoms with E-state index in [4.69, 9.17) is 4.74 Å². The molecular weight excluding hydrogens is 306 g/mol. The molecule has 3 aromatic rings. The Kier molecular flexibility index (Phi) is 4.01. The number of hydrogen-bond donors (Lipinski definition) is 1. The molecule has 1 N–H and O–H groups in total. The van der Waals surface area contributed by atoms with Crippen LogP contribution in [0.15, 0.2) is 24.4 Å². The number of aromatic nitrogens is 4. The van der Waals surface area contributed by atoms with E-state index < -0.39 is 0 Å². The molecule has 0 aliphatic carbocycles. The Bertz CT molecular complexity index is 907. The first kappa shape index (κ1) is 16.0. The van der Waals surface area contributed by atoms with Crippen molar-refractivity contribution in [3.05, 3.63) is 35.7 Å². The van der Waals surface area contributed by atoms with Crippen molar-refractivity contribution in [2.75, 3.05) is 5.32 Å². The number of rotatable bonds is 4. The summed E-state index contributed by atoms with van der Waals surface area (Å²) in [6, 6.07) is 5.74. The fourth-order valence-electron chi connectivity index (χ4n) is 2.72. The van der Waals surface area contributed by atoms with Gasteiger partial charge in [0.2, 0.25) is 0 Å². The molecule has 126 valence electrons. The lowest BCUT2D eigenvalue weighted by molar-refractivity contribution is 0.102. The lowest BCUT2D eigenvalue weighted by Crippen LogP contribution is -2.13. The summed E-state index contributed by atoms with van der Waals surface area (Å²) in [4.78, 5) is 12.6. The molecule has 1 amide bonds. The molecule has 24 heavy (non-hydrogen) atoms. The number of anilines is 1. The Balaban J connectivity index is 2.03. The SMILES string of the molecule is Cc1nn(C)cc1C(=O)Nc1nn(C)c2cccc(OC(C)C)c12. The summed E-state index contributed by atoms with van der Waals surface area (Å²) < 4.78 is 9.23. The summed E-state index contributed by atoms with van der Waals surface area (Å²) in [6.45, 7) is 5.73. The quantitative estimate of drug-likeness (QED) is 0.799. The molecule has 0 fully saturated rings. The zero-order chi connectivity index (χ0) is 17.4. The number of ether oxygens (including phenoxy) is 1. The van der Waals surface area contributed by atoms with Crippen LogP contribution in [0.1, 0.15) is 29.9 Å². The largest absolute Gasteiger partial charge is 0.490 e. The Hall–Kier alpha value is -2.83. The van der Waals surface area contributed by atoms with Gasteiger partial charge in [-0.2, -0.15) is 10.2 Å². The zero-order valence-electron chi connectivity index (χ0n) is 14.5. The van der Waals surface area contributed by atoms with Crippen LogP contribution in [0.4, 0.5) is 5.82 Å². The third kappa shape index (κ3) is 2.84. The summed E-state index contributed by atoms with van der Waals surface area (Å²) in [7, 11) is 3.63. The van der Waals surface area contributed by atoms with Gasteiger partial charge in [0, 0.05) is 20.3 Å². The lowest BCUT2D eigenvalue weighted by atomic mass is 10.2. The van der Waals surface area contributed by atoms with E-state index in [1.54, 1.807) is 29.5 Å². The fraction of sp³-hybridized carbons (Fsp3) is 0.353. The molecule has 2 heterocycles. The minimum Gasteiger partial charge on any atom is -0.490 e. The third-order valence-corrected chi connectivity index (χ3v) is 3.69. The predicted molar refractivity (Wildman–Crippen MR) is 92.4 cm³/mol. The second-order valence-electron chi connectivity index (χ2n) is 6.05. The second kappa shape index (κ2) is 5.99. The van der Waals surface area contributed by atoms with Gasteiger partial charge in [0.1, 0.15) is 5.75 Å². The van der Waals surface area contributed by atoms with Crippen LogP contribution < -0.4 is 10.1 Å². The molecule has 0 spiro atoms. The van der Waals surface area contributed by atoms with Gasteiger partial charge in [0.05, 0.1) is 28.3 Å². The third-order valence-electron chi connectivity index (χ3n) is 3.69. The second-order valence-corrected chi connectivity index (χ2v) is 6.05. The molecule has 0 radical (unpaired) electrons. The minimum absolute atomic E-state index is 0.0277. The van der Waals surface area contributed by atoms with E-state index in [1.807, 2.05) is 39.1 Å². The Labute approximate surface area is 140 Å². The standard InChI is InChI=1S/C17H21N5O2/c1-10(2)24-14-8-6-7-13-15(14)16(20-22(13)5)18-17(23)12-9-21(4)19-11(12)3/h6-10H,1-5H3,(H,18,20,23). The zero-order valence-corrected chi connectivity index (χ0v) is 14.5. The van der Waals surface area contributed by atoms with E-state index in [0.717, 1.165) is 10.9 Å². The highest BCUT2D eigenvalue weighted by Crippen LogP contribution is 2.32. The average molecular weight is 327 g/mol. The van der Waals surface area contributed by atoms with E-state index in [-0.39, 0.29) is 12.0 Å². The summed E-state index contributed by atoms with van der Waals surface area (Å²) >= 11 is 0. The monoisotopic (exact) mass is 327 g/mol. The Morgan fingerprint density at radius 3 is 2.62 bits per heavy atom. The number of nitrogens with zero attached hydrogens (tertiary/aromatic N) is 4. The van der Waals surface area contributed by atoms with E-state index >= 15 is 0 Å². The highest BCUT2D eigenvalue weighted by atomic mass is 16.5. The first-order chi connectivity index (χ1) is 11.4. The molecule has 0 aliphatic rings. The molecule has 3 rings (SSSR count). The molecule has 2 aromatic heterocycles. The first-order valence-electron chi connectivity index (χ1n) is 7.80. The normalized spacial score (nSPS) is 11.2. The number of benzene rings is 1. The van der Waals surface area contributed by atoms with Crippen molar-refractivity contribution in [2.45, 2.75) is 26.9 Å². The van der Waals surface area contributed by atoms with Crippen LogP contribution >= 0.6 is 0 Å². The highest BCUT2D eigenvalue weighted by Gasteiger charge is 2.19. The molecule has 0 saturated heterocycles. The van der Waals surface area contributed by atoms with Crippen LogP contribution in [-0.2, 0) is 14.1 Å². The fourth-order valence-corrected chi connectivity index (χ4v) is 2.72. The van der Waals surface area contributed by atoms with Gasteiger partial charge in [0.25, 0.3) is 5.91 Å². The summed E-state index contributed by atoms with van der Waals surface area (Å²) in [6.07, 6.45) is 1.72. The van der Waals surface area contributed by atoms with Crippen molar-refractivity contribution in [2.24, 2.45) is 14.1 Å². The smallest absolute Gasteiger partial charge is 0.260 e. The van der Waals surface area contributed by atoms with Gasteiger partial charge < -0.3 is 10.1 Å². The Morgan fingerprint density at radius 1 is 1.25 bits per heavy atom. The maximum Gasteiger partial charge on any atom is 0.260 e. The predicted octanol–water partition coefficient (Wildman–Crippen LogP) is 2.65. The average Bonchev–Trinajstić information content (AvgIpc) is 2.99.